The molecule has 0 amide bonds. The Hall–Kier alpha value is -2.74. The number of H-pyrrole nitrogens is 1. The van der Waals surface area contributed by atoms with Crippen LogP contribution < -0.4 is 5.56 Å². The largest absolute Gasteiger partial charge is 0.416 e. The number of aromatic nitrogens is 3. The molecule has 0 fully saturated rings. The summed E-state index contributed by atoms with van der Waals surface area (Å²) in [5.41, 5.74) is 1.42. The zero-order chi connectivity index (χ0) is 19.2. The van der Waals surface area contributed by atoms with Crippen LogP contribution in [0.1, 0.15) is 11.1 Å². The maximum Gasteiger partial charge on any atom is 0.416 e. The third kappa shape index (κ3) is 3.21. The molecule has 0 spiro atoms. The molecule has 0 radical (unpaired) electrons. The molecule has 0 unspecified atom stereocenters. The number of alkyl halides is 3. The molecule has 0 saturated carbocycles. The number of nitrogens with zero attached hydrogens (tertiary/aromatic N) is 2. The van der Waals surface area contributed by atoms with E-state index in [0.717, 1.165) is 23.0 Å². The molecule has 0 bridgehead atoms. The van der Waals surface area contributed by atoms with E-state index in [2.05, 4.69) is 9.97 Å². The predicted molar refractivity (Wildman–Crippen MR) is 99.8 cm³/mol. The fourth-order valence-electron chi connectivity index (χ4n) is 2.94. The van der Waals surface area contributed by atoms with Gasteiger partial charge in [-0.05, 0) is 17.7 Å². The molecular weight excluding hydrogens is 375 g/mol. The Labute approximate surface area is 156 Å². The fourth-order valence-corrected chi connectivity index (χ4v) is 3.85. The number of nitrogens with one attached hydrogen (secondary N) is 1. The van der Waals surface area contributed by atoms with Gasteiger partial charge in [-0.15, -0.1) is 0 Å². The van der Waals surface area contributed by atoms with Crippen molar-refractivity contribution in [2.45, 2.75) is 17.1 Å². The standard InChI is InChI=1S/C19H14F3N3OS/c1-25-17(26)16-15(13-7-2-3-8-14(13)23-16)24-18(25)27-10-11-5-4-6-12(9-11)19(20,21)22/h2-9,23H,10H2,1H3. The first kappa shape index (κ1) is 17.7. The summed E-state index contributed by atoms with van der Waals surface area (Å²) in [4.78, 5) is 20.3. The number of fused-ring (bicyclic) bond motifs is 3. The van der Waals surface area contributed by atoms with Crippen molar-refractivity contribution >= 4 is 33.7 Å². The highest BCUT2D eigenvalue weighted by molar-refractivity contribution is 7.98. The fraction of sp³-hybridized carbons (Fsp3) is 0.158. The lowest BCUT2D eigenvalue weighted by Gasteiger charge is -2.10. The smallest absolute Gasteiger partial charge is 0.349 e. The summed E-state index contributed by atoms with van der Waals surface area (Å²) in [6, 6.07) is 12.7. The van der Waals surface area contributed by atoms with Crippen molar-refractivity contribution in [1.29, 1.82) is 0 Å². The molecule has 2 heterocycles. The molecule has 4 rings (SSSR count). The minimum atomic E-state index is -4.38. The topological polar surface area (TPSA) is 50.7 Å². The van der Waals surface area contributed by atoms with E-state index in [1.165, 1.54) is 22.4 Å². The van der Waals surface area contributed by atoms with Crippen molar-refractivity contribution in [2.75, 3.05) is 0 Å². The Bertz CT molecular complexity index is 1210. The first-order valence-corrected chi connectivity index (χ1v) is 9.09. The molecule has 8 heteroatoms. The van der Waals surface area contributed by atoms with E-state index in [-0.39, 0.29) is 11.3 Å². The second-order valence-corrected chi connectivity index (χ2v) is 7.08. The average molecular weight is 389 g/mol. The molecule has 0 atom stereocenters. The first-order chi connectivity index (χ1) is 12.8. The molecular formula is C19H14F3N3OS. The van der Waals surface area contributed by atoms with Crippen molar-refractivity contribution in [2.24, 2.45) is 7.05 Å². The Balaban J connectivity index is 1.71. The van der Waals surface area contributed by atoms with Crippen LogP contribution in [0, 0.1) is 0 Å². The van der Waals surface area contributed by atoms with E-state index in [1.54, 1.807) is 13.1 Å². The van der Waals surface area contributed by atoms with E-state index >= 15 is 0 Å². The number of halogens is 3. The van der Waals surface area contributed by atoms with Crippen LogP contribution in [0.2, 0.25) is 0 Å². The maximum atomic E-state index is 12.9. The zero-order valence-electron chi connectivity index (χ0n) is 14.2. The number of hydrogen-bond acceptors (Lipinski definition) is 3. The Morgan fingerprint density at radius 3 is 2.70 bits per heavy atom. The van der Waals surface area contributed by atoms with Crippen molar-refractivity contribution in [3.05, 3.63) is 70.0 Å². The normalized spacial score (nSPS) is 12.1. The lowest BCUT2D eigenvalue weighted by molar-refractivity contribution is -0.137. The van der Waals surface area contributed by atoms with Crippen LogP contribution >= 0.6 is 11.8 Å². The molecule has 27 heavy (non-hydrogen) atoms. The van der Waals surface area contributed by atoms with Gasteiger partial charge in [0.15, 0.2) is 5.16 Å². The van der Waals surface area contributed by atoms with Crippen LogP contribution in [0.25, 0.3) is 21.9 Å². The highest BCUT2D eigenvalue weighted by Gasteiger charge is 2.30. The molecule has 0 saturated heterocycles. The van der Waals surface area contributed by atoms with Gasteiger partial charge < -0.3 is 4.98 Å². The Morgan fingerprint density at radius 1 is 1.15 bits per heavy atom. The van der Waals surface area contributed by atoms with Gasteiger partial charge in [0, 0.05) is 23.7 Å². The van der Waals surface area contributed by atoms with Crippen LogP contribution in [-0.2, 0) is 19.0 Å². The Kier molecular flexibility index (Phi) is 4.22. The number of rotatable bonds is 3. The summed E-state index contributed by atoms with van der Waals surface area (Å²) >= 11 is 1.23. The van der Waals surface area contributed by atoms with Gasteiger partial charge >= 0.3 is 6.18 Å². The second-order valence-electron chi connectivity index (χ2n) is 6.14. The quantitative estimate of drug-likeness (QED) is 0.407. The van der Waals surface area contributed by atoms with Crippen molar-refractivity contribution < 1.29 is 13.2 Å². The summed E-state index contributed by atoms with van der Waals surface area (Å²) in [5, 5.41) is 1.29. The van der Waals surface area contributed by atoms with E-state index < -0.39 is 11.7 Å². The van der Waals surface area contributed by atoms with Gasteiger partial charge in [0.05, 0.1) is 5.56 Å². The second kappa shape index (κ2) is 6.45. The molecule has 4 nitrogen and oxygen atoms in total. The monoisotopic (exact) mass is 389 g/mol. The summed E-state index contributed by atoms with van der Waals surface area (Å²) in [6.45, 7) is 0. The Morgan fingerprint density at radius 2 is 1.93 bits per heavy atom. The lowest BCUT2D eigenvalue weighted by atomic mass is 10.1. The number of thioether (sulfide) groups is 1. The number of para-hydroxylation sites is 1. The summed E-state index contributed by atoms with van der Waals surface area (Å²) in [6.07, 6.45) is -4.38. The third-order valence-corrected chi connectivity index (χ3v) is 5.41. The van der Waals surface area contributed by atoms with E-state index in [1.807, 2.05) is 24.3 Å². The predicted octanol–water partition coefficient (Wildman–Crippen LogP) is 4.73. The lowest BCUT2D eigenvalue weighted by Crippen LogP contribution is -2.20. The molecule has 0 aliphatic heterocycles. The highest BCUT2D eigenvalue weighted by atomic mass is 32.2. The molecule has 2 aromatic carbocycles. The van der Waals surface area contributed by atoms with Gasteiger partial charge in [-0.1, -0.05) is 48.2 Å². The molecule has 4 aromatic rings. The summed E-state index contributed by atoms with van der Waals surface area (Å²) < 4.78 is 40.0. The molecule has 138 valence electrons. The van der Waals surface area contributed by atoms with Crippen molar-refractivity contribution in [3.8, 4) is 0 Å². The van der Waals surface area contributed by atoms with Gasteiger partial charge in [-0.25, -0.2) is 4.98 Å². The van der Waals surface area contributed by atoms with Gasteiger partial charge in [0.1, 0.15) is 11.0 Å². The van der Waals surface area contributed by atoms with Crippen LogP contribution in [-0.4, -0.2) is 14.5 Å². The SMILES string of the molecule is Cn1c(SCc2cccc(C(F)(F)F)c2)nc2c([nH]c3ccccc32)c1=O. The third-order valence-electron chi connectivity index (χ3n) is 4.31. The highest BCUT2D eigenvalue weighted by Crippen LogP contribution is 2.31. The minimum Gasteiger partial charge on any atom is -0.349 e. The first-order valence-electron chi connectivity index (χ1n) is 8.11. The van der Waals surface area contributed by atoms with Gasteiger partial charge in [0.25, 0.3) is 5.56 Å². The van der Waals surface area contributed by atoms with E-state index in [4.69, 9.17) is 0 Å². The van der Waals surface area contributed by atoms with Crippen LogP contribution in [0.15, 0.2) is 58.5 Å². The molecule has 0 aliphatic rings. The molecule has 0 aliphatic carbocycles. The van der Waals surface area contributed by atoms with Gasteiger partial charge in [-0.2, -0.15) is 13.2 Å². The van der Waals surface area contributed by atoms with E-state index in [9.17, 15) is 18.0 Å². The van der Waals surface area contributed by atoms with Crippen LogP contribution in [0.5, 0.6) is 0 Å². The summed E-state index contributed by atoms with van der Waals surface area (Å²) in [5.74, 6) is 0.276. The van der Waals surface area contributed by atoms with Gasteiger partial charge in [-0.3, -0.25) is 9.36 Å². The van der Waals surface area contributed by atoms with Crippen LogP contribution in [0.4, 0.5) is 13.2 Å². The number of benzene rings is 2. The molecule has 1 N–H and O–H groups in total. The van der Waals surface area contributed by atoms with Crippen molar-refractivity contribution in [1.82, 2.24) is 14.5 Å². The van der Waals surface area contributed by atoms with Crippen LogP contribution in [0.3, 0.4) is 0 Å². The van der Waals surface area contributed by atoms with Crippen molar-refractivity contribution in [3.63, 3.8) is 0 Å². The minimum absolute atomic E-state index is 0.220. The zero-order valence-corrected chi connectivity index (χ0v) is 15.0. The molecule has 2 aromatic heterocycles. The number of hydrogen-bond donors (Lipinski definition) is 1. The maximum absolute atomic E-state index is 12.9. The summed E-state index contributed by atoms with van der Waals surface area (Å²) in [7, 11) is 1.61. The number of aromatic amines is 1. The average Bonchev–Trinajstić information content (AvgIpc) is 3.02. The van der Waals surface area contributed by atoms with Gasteiger partial charge in [0.2, 0.25) is 0 Å². The van der Waals surface area contributed by atoms with E-state index in [0.29, 0.717) is 21.8 Å².